The Bertz CT molecular complexity index is 222. The van der Waals surface area contributed by atoms with Gasteiger partial charge in [-0.2, -0.15) is 8.42 Å². The minimum Gasteiger partial charge on any atom is -0.248 e. The molecular formula is C7H14O4S. The lowest BCUT2D eigenvalue weighted by Gasteiger charge is -2.21. The van der Waals surface area contributed by atoms with E-state index in [1.54, 1.807) is 0 Å². The average Bonchev–Trinajstić information content (AvgIpc) is 1.99. The molecule has 4 nitrogen and oxygen atoms in total. The van der Waals surface area contributed by atoms with Gasteiger partial charge in [0.15, 0.2) is 0 Å². The van der Waals surface area contributed by atoms with E-state index in [-0.39, 0.29) is 12.7 Å². The maximum absolute atomic E-state index is 10.8. The van der Waals surface area contributed by atoms with Crippen LogP contribution in [0, 0.1) is 0 Å². The third-order valence-electron chi connectivity index (χ3n) is 1.80. The van der Waals surface area contributed by atoms with Crippen LogP contribution in [0.2, 0.25) is 0 Å². The first kappa shape index (κ1) is 9.95. The van der Waals surface area contributed by atoms with Gasteiger partial charge in [-0.25, -0.2) is 8.37 Å². The highest BCUT2D eigenvalue weighted by molar-refractivity contribution is 7.81. The third kappa shape index (κ3) is 3.08. The van der Waals surface area contributed by atoms with Gasteiger partial charge in [-0.3, -0.25) is 0 Å². The zero-order valence-corrected chi connectivity index (χ0v) is 7.97. The normalized spacial score (nSPS) is 28.6. The van der Waals surface area contributed by atoms with E-state index in [9.17, 15) is 8.42 Å². The van der Waals surface area contributed by atoms with Crippen molar-refractivity contribution in [2.75, 3.05) is 6.61 Å². The summed E-state index contributed by atoms with van der Waals surface area (Å²) in [4.78, 5) is 0. The molecule has 0 saturated carbocycles. The molecule has 1 heterocycles. The lowest BCUT2D eigenvalue weighted by molar-refractivity contribution is 0.0846. The molecule has 1 unspecified atom stereocenters. The second-order valence-electron chi connectivity index (χ2n) is 2.88. The summed E-state index contributed by atoms with van der Waals surface area (Å²) in [6.45, 7) is 2.32. The van der Waals surface area contributed by atoms with Gasteiger partial charge in [0.2, 0.25) is 0 Å². The van der Waals surface area contributed by atoms with E-state index in [0.29, 0.717) is 6.42 Å². The van der Waals surface area contributed by atoms with Gasteiger partial charge in [0.1, 0.15) is 0 Å². The second-order valence-corrected chi connectivity index (χ2v) is 4.12. The van der Waals surface area contributed by atoms with Crippen molar-refractivity contribution in [3.63, 3.8) is 0 Å². The minimum absolute atomic E-state index is 0.163. The SMILES string of the molecule is CCCCC1CCOS(=O)(=O)O1. The largest absolute Gasteiger partial charge is 0.400 e. The van der Waals surface area contributed by atoms with Crippen LogP contribution in [0.3, 0.4) is 0 Å². The van der Waals surface area contributed by atoms with Crippen molar-refractivity contribution in [3.05, 3.63) is 0 Å². The lowest BCUT2D eigenvalue weighted by atomic mass is 10.1. The Kier molecular flexibility index (Phi) is 3.49. The summed E-state index contributed by atoms with van der Waals surface area (Å²) >= 11 is 0. The molecule has 1 atom stereocenters. The highest BCUT2D eigenvalue weighted by atomic mass is 32.3. The highest BCUT2D eigenvalue weighted by Gasteiger charge is 2.25. The van der Waals surface area contributed by atoms with Crippen molar-refractivity contribution in [3.8, 4) is 0 Å². The molecule has 0 aromatic heterocycles. The van der Waals surface area contributed by atoms with Gasteiger partial charge in [0.25, 0.3) is 0 Å². The van der Waals surface area contributed by atoms with Crippen LogP contribution in [0.5, 0.6) is 0 Å². The zero-order valence-electron chi connectivity index (χ0n) is 7.15. The quantitative estimate of drug-likeness (QED) is 0.678. The van der Waals surface area contributed by atoms with Crippen molar-refractivity contribution in [1.82, 2.24) is 0 Å². The Morgan fingerprint density at radius 1 is 1.50 bits per heavy atom. The van der Waals surface area contributed by atoms with E-state index in [2.05, 4.69) is 11.1 Å². The smallest absolute Gasteiger partial charge is 0.248 e. The van der Waals surface area contributed by atoms with Gasteiger partial charge in [-0.05, 0) is 12.8 Å². The number of hydrogen-bond acceptors (Lipinski definition) is 4. The van der Waals surface area contributed by atoms with Crippen LogP contribution in [-0.4, -0.2) is 21.1 Å². The number of rotatable bonds is 3. The fourth-order valence-corrected chi connectivity index (χ4v) is 2.03. The monoisotopic (exact) mass is 194 g/mol. The molecule has 1 saturated heterocycles. The average molecular weight is 194 g/mol. The van der Waals surface area contributed by atoms with Crippen LogP contribution in [0.1, 0.15) is 32.6 Å². The molecular weight excluding hydrogens is 180 g/mol. The molecule has 0 aliphatic carbocycles. The van der Waals surface area contributed by atoms with E-state index in [1.807, 2.05) is 0 Å². The van der Waals surface area contributed by atoms with Crippen molar-refractivity contribution >= 4 is 10.4 Å². The highest BCUT2D eigenvalue weighted by Crippen LogP contribution is 2.18. The van der Waals surface area contributed by atoms with Gasteiger partial charge < -0.3 is 0 Å². The first-order valence-corrected chi connectivity index (χ1v) is 5.55. The number of hydrogen-bond donors (Lipinski definition) is 0. The molecule has 5 heteroatoms. The summed E-state index contributed by atoms with van der Waals surface area (Å²) in [6.07, 6.45) is 3.38. The van der Waals surface area contributed by atoms with Crippen molar-refractivity contribution < 1.29 is 16.8 Å². The van der Waals surface area contributed by atoms with Crippen LogP contribution in [-0.2, 0) is 18.8 Å². The van der Waals surface area contributed by atoms with Crippen LogP contribution in [0.4, 0.5) is 0 Å². The molecule has 0 amide bonds. The van der Waals surface area contributed by atoms with E-state index in [4.69, 9.17) is 4.18 Å². The summed E-state index contributed by atoms with van der Waals surface area (Å²) in [5.41, 5.74) is 0. The summed E-state index contributed by atoms with van der Waals surface area (Å²) in [7, 11) is -3.66. The van der Waals surface area contributed by atoms with E-state index in [1.165, 1.54) is 0 Å². The molecule has 12 heavy (non-hydrogen) atoms. The minimum atomic E-state index is -3.66. The maximum Gasteiger partial charge on any atom is 0.400 e. The van der Waals surface area contributed by atoms with Crippen LogP contribution >= 0.6 is 0 Å². The maximum atomic E-state index is 10.8. The van der Waals surface area contributed by atoms with Gasteiger partial charge in [-0.15, -0.1) is 0 Å². The van der Waals surface area contributed by atoms with E-state index < -0.39 is 10.4 Å². The standard InChI is InChI=1S/C7H14O4S/c1-2-3-4-7-5-6-10-12(8,9)11-7/h7H,2-6H2,1H3. The Hall–Kier alpha value is -0.130. The van der Waals surface area contributed by atoms with Crippen molar-refractivity contribution in [2.45, 2.75) is 38.7 Å². The Labute approximate surface area is 73.2 Å². The molecule has 1 aliphatic rings. The molecule has 0 bridgehead atoms. The Balaban J connectivity index is 2.36. The predicted octanol–water partition coefficient (Wildman–Crippen LogP) is 1.23. The third-order valence-corrected chi connectivity index (χ3v) is 2.76. The van der Waals surface area contributed by atoms with Crippen LogP contribution in [0.15, 0.2) is 0 Å². The molecule has 1 aliphatic heterocycles. The van der Waals surface area contributed by atoms with E-state index in [0.717, 1.165) is 19.3 Å². The topological polar surface area (TPSA) is 52.6 Å². The molecule has 0 N–H and O–H groups in total. The van der Waals surface area contributed by atoms with E-state index >= 15 is 0 Å². The Morgan fingerprint density at radius 3 is 2.83 bits per heavy atom. The molecule has 0 aromatic rings. The molecule has 1 rings (SSSR count). The number of unbranched alkanes of at least 4 members (excludes halogenated alkanes) is 1. The summed E-state index contributed by atoms with van der Waals surface area (Å²) in [6, 6.07) is 0. The van der Waals surface area contributed by atoms with Gasteiger partial charge in [-0.1, -0.05) is 19.8 Å². The van der Waals surface area contributed by atoms with Crippen LogP contribution < -0.4 is 0 Å². The molecule has 0 radical (unpaired) electrons. The van der Waals surface area contributed by atoms with Gasteiger partial charge in [0.05, 0.1) is 12.7 Å². The second kappa shape index (κ2) is 4.20. The molecule has 1 fully saturated rings. The van der Waals surface area contributed by atoms with Crippen molar-refractivity contribution in [1.29, 1.82) is 0 Å². The summed E-state index contributed by atoms with van der Waals surface area (Å²) < 4.78 is 30.7. The Morgan fingerprint density at radius 2 is 2.25 bits per heavy atom. The summed E-state index contributed by atoms with van der Waals surface area (Å²) in [5, 5.41) is 0. The fraction of sp³-hybridized carbons (Fsp3) is 1.00. The molecule has 0 spiro atoms. The predicted molar refractivity (Wildman–Crippen MR) is 43.9 cm³/mol. The van der Waals surface area contributed by atoms with Gasteiger partial charge in [0, 0.05) is 0 Å². The van der Waals surface area contributed by atoms with Crippen LogP contribution in [0.25, 0.3) is 0 Å². The summed E-state index contributed by atoms with van der Waals surface area (Å²) in [5.74, 6) is 0. The van der Waals surface area contributed by atoms with Gasteiger partial charge >= 0.3 is 10.4 Å². The molecule has 0 aromatic carbocycles. The first-order valence-electron chi connectivity index (χ1n) is 4.21. The lowest BCUT2D eigenvalue weighted by Crippen LogP contribution is -2.28. The van der Waals surface area contributed by atoms with Crippen molar-refractivity contribution in [2.24, 2.45) is 0 Å². The molecule has 72 valence electrons. The first-order chi connectivity index (χ1) is 5.64. The fourth-order valence-electron chi connectivity index (χ4n) is 1.15. The zero-order chi connectivity index (χ0) is 9.03.